The summed E-state index contributed by atoms with van der Waals surface area (Å²) < 4.78 is 12.0. The molecule has 0 saturated carbocycles. The van der Waals surface area contributed by atoms with Crippen LogP contribution in [-0.2, 0) is 6.54 Å². The summed E-state index contributed by atoms with van der Waals surface area (Å²) >= 11 is 0. The van der Waals surface area contributed by atoms with Gasteiger partial charge in [-0.25, -0.2) is 9.97 Å². The minimum atomic E-state index is 0.388. The number of carbonyl (C=O) groups excluding carboxylic acids is 1. The fourth-order valence-electron chi connectivity index (χ4n) is 2.21. The second-order valence-electron chi connectivity index (χ2n) is 4.69. The van der Waals surface area contributed by atoms with Crippen molar-refractivity contribution in [1.82, 2.24) is 19.6 Å². The maximum absolute atomic E-state index is 11.0. The number of nitrogens with zero attached hydrogens (tertiary/aromatic N) is 4. The normalized spacial score (nSPS) is 10.5. The number of aldehydes is 1. The van der Waals surface area contributed by atoms with Crippen LogP contribution in [0.3, 0.4) is 0 Å². The van der Waals surface area contributed by atoms with Crippen molar-refractivity contribution in [3.05, 3.63) is 41.9 Å². The molecule has 0 unspecified atom stereocenters. The quantitative estimate of drug-likeness (QED) is 0.691. The van der Waals surface area contributed by atoms with Gasteiger partial charge in [0.1, 0.15) is 6.33 Å². The van der Waals surface area contributed by atoms with Crippen molar-refractivity contribution in [1.29, 1.82) is 0 Å². The molecule has 2 aromatic heterocycles. The SMILES string of the molecule is COc1ccc(CNc2ncc(C=O)c3ncnn23)cc1OC. The number of methoxy groups -OCH3 is 2. The first-order valence-corrected chi connectivity index (χ1v) is 6.85. The molecule has 0 amide bonds. The molecule has 0 saturated heterocycles. The fraction of sp³-hybridized carbons (Fsp3) is 0.200. The number of benzene rings is 1. The first kappa shape index (κ1) is 14.8. The average Bonchev–Trinajstić information content (AvgIpc) is 3.09. The van der Waals surface area contributed by atoms with Crippen molar-refractivity contribution >= 4 is 17.9 Å². The van der Waals surface area contributed by atoms with E-state index in [9.17, 15) is 4.79 Å². The predicted octanol–water partition coefficient (Wildman–Crippen LogP) is 1.57. The van der Waals surface area contributed by atoms with Gasteiger partial charge in [0, 0.05) is 12.7 Å². The van der Waals surface area contributed by atoms with Gasteiger partial charge in [0.2, 0.25) is 5.95 Å². The third-order valence-electron chi connectivity index (χ3n) is 3.36. The van der Waals surface area contributed by atoms with Crippen molar-refractivity contribution in [2.75, 3.05) is 19.5 Å². The standard InChI is InChI=1S/C15H15N5O3/c1-22-12-4-3-10(5-13(12)23-2)6-16-15-17-7-11(8-21)14-18-9-19-20(14)15/h3-5,7-9H,6H2,1-2H3,(H,16,17). The van der Waals surface area contributed by atoms with Gasteiger partial charge in [0.25, 0.3) is 0 Å². The maximum atomic E-state index is 11.0. The minimum absolute atomic E-state index is 0.388. The zero-order valence-corrected chi connectivity index (χ0v) is 12.7. The maximum Gasteiger partial charge on any atom is 0.226 e. The summed E-state index contributed by atoms with van der Waals surface area (Å²) in [5.41, 5.74) is 1.83. The number of hydrogen-bond donors (Lipinski definition) is 1. The number of rotatable bonds is 6. The Morgan fingerprint density at radius 2 is 2.04 bits per heavy atom. The number of hydrogen-bond acceptors (Lipinski definition) is 7. The van der Waals surface area contributed by atoms with Crippen LogP contribution in [0.1, 0.15) is 15.9 Å². The summed E-state index contributed by atoms with van der Waals surface area (Å²) in [5, 5.41) is 7.24. The number of aromatic nitrogens is 4. The van der Waals surface area contributed by atoms with Crippen molar-refractivity contribution < 1.29 is 14.3 Å². The van der Waals surface area contributed by atoms with Gasteiger partial charge >= 0.3 is 0 Å². The van der Waals surface area contributed by atoms with Crippen LogP contribution < -0.4 is 14.8 Å². The highest BCUT2D eigenvalue weighted by molar-refractivity contribution is 5.83. The highest BCUT2D eigenvalue weighted by Gasteiger charge is 2.09. The van der Waals surface area contributed by atoms with Gasteiger partial charge in [-0.2, -0.15) is 9.61 Å². The smallest absolute Gasteiger partial charge is 0.226 e. The molecule has 0 aliphatic heterocycles. The lowest BCUT2D eigenvalue weighted by atomic mass is 10.2. The highest BCUT2D eigenvalue weighted by Crippen LogP contribution is 2.27. The van der Waals surface area contributed by atoms with Gasteiger partial charge in [-0.15, -0.1) is 0 Å². The number of ether oxygens (including phenoxy) is 2. The Morgan fingerprint density at radius 3 is 2.78 bits per heavy atom. The highest BCUT2D eigenvalue weighted by atomic mass is 16.5. The molecule has 0 atom stereocenters. The van der Waals surface area contributed by atoms with E-state index in [1.54, 1.807) is 14.2 Å². The lowest BCUT2D eigenvalue weighted by molar-refractivity contribution is 0.112. The minimum Gasteiger partial charge on any atom is -0.493 e. The van der Waals surface area contributed by atoms with Crippen LogP contribution in [0.15, 0.2) is 30.7 Å². The third-order valence-corrected chi connectivity index (χ3v) is 3.36. The third kappa shape index (κ3) is 2.78. The van der Waals surface area contributed by atoms with Crippen LogP contribution in [0.2, 0.25) is 0 Å². The van der Waals surface area contributed by atoms with E-state index in [2.05, 4.69) is 20.4 Å². The topological polar surface area (TPSA) is 90.6 Å². The molecule has 0 bridgehead atoms. The molecular formula is C15H15N5O3. The molecule has 118 valence electrons. The molecule has 2 heterocycles. The van der Waals surface area contributed by atoms with E-state index in [1.165, 1.54) is 17.0 Å². The first-order valence-electron chi connectivity index (χ1n) is 6.85. The molecule has 0 spiro atoms. The molecule has 1 N–H and O–H groups in total. The molecule has 8 nitrogen and oxygen atoms in total. The average molecular weight is 313 g/mol. The number of carbonyl (C=O) groups is 1. The van der Waals surface area contributed by atoms with Gasteiger partial charge in [-0.05, 0) is 17.7 Å². The van der Waals surface area contributed by atoms with Crippen LogP contribution in [0, 0.1) is 0 Å². The van der Waals surface area contributed by atoms with Crippen molar-refractivity contribution in [3.8, 4) is 11.5 Å². The van der Waals surface area contributed by atoms with Crippen LogP contribution in [-0.4, -0.2) is 40.1 Å². The molecule has 3 rings (SSSR count). The van der Waals surface area contributed by atoms with Crippen molar-refractivity contribution in [2.24, 2.45) is 0 Å². The summed E-state index contributed by atoms with van der Waals surface area (Å²) in [6.07, 6.45) is 3.55. The molecule has 8 heteroatoms. The van der Waals surface area contributed by atoms with Crippen molar-refractivity contribution in [3.63, 3.8) is 0 Å². The van der Waals surface area contributed by atoms with E-state index in [4.69, 9.17) is 9.47 Å². The lowest BCUT2D eigenvalue weighted by Gasteiger charge is -2.11. The molecular weight excluding hydrogens is 298 g/mol. The Balaban J connectivity index is 1.84. The molecule has 23 heavy (non-hydrogen) atoms. The van der Waals surface area contributed by atoms with E-state index in [1.807, 2.05) is 18.2 Å². The van der Waals surface area contributed by atoms with E-state index in [0.29, 0.717) is 41.5 Å². The van der Waals surface area contributed by atoms with Gasteiger partial charge < -0.3 is 14.8 Å². The zero-order valence-electron chi connectivity index (χ0n) is 12.7. The van der Waals surface area contributed by atoms with Gasteiger partial charge in [-0.3, -0.25) is 4.79 Å². The Bertz CT molecular complexity index is 846. The summed E-state index contributed by atoms with van der Waals surface area (Å²) in [7, 11) is 3.18. The molecule has 1 aromatic carbocycles. The molecule has 0 radical (unpaired) electrons. The summed E-state index contributed by atoms with van der Waals surface area (Å²) in [4.78, 5) is 19.2. The van der Waals surface area contributed by atoms with Gasteiger partial charge in [0.15, 0.2) is 23.4 Å². The Kier molecular flexibility index (Phi) is 4.05. The predicted molar refractivity (Wildman–Crippen MR) is 83.0 cm³/mol. The molecule has 0 fully saturated rings. The number of nitrogens with one attached hydrogen (secondary N) is 1. The number of fused-ring (bicyclic) bond motifs is 1. The summed E-state index contributed by atoms with van der Waals surface area (Å²) in [5.74, 6) is 1.82. The van der Waals surface area contributed by atoms with E-state index in [0.717, 1.165) is 5.56 Å². The lowest BCUT2D eigenvalue weighted by Crippen LogP contribution is -2.09. The fourth-order valence-corrected chi connectivity index (χ4v) is 2.21. The second-order valence-corrected chi connectivity index (χ2v) is 4.69. The van der Waals surface area contributed by atoms with Crippen LogP contribution in [0.5, 0.6) is 11.5 Å². The summed E-state index contributed by atoms with van der Waals surface area (Å²) in [6, 6.07) is 5.64. The van der Waals surface area contributed by atoms with Crippen LogP contribution >= 0.6 is 0 Å². The van der Waals surface area contributed by atoms with Crippen molar-refractivity contribution in [2.45, 2.75) is 6.54 Å². The molecule has 3 aromatic rings. The molecule has 0 aliphatic carbocycles. The summed E-state index contributed by atoms with van der Waals surface area (Å²) in [6.45, 7) is 0.503. The van der Waals surface area contributed by atoms with E-state index < -0.39 is 0 Å². The Labute approximate surface area is 132 Å². The van der Waals surface area contributed by atoms with Crippen LogP contribution in [0.4, 0.5) is 5.95 Å². The first-order chi connectivity index (χ1) is 11.3. The van der Waals surface area contributed by atoms with E-state index >= 15 is 0 Å². The van der Waals surface area contributed by atoms with Gasteiger partial charge in [-0.1, -0.05) is 6.07 Å². The van der Waals surface area contributed by atoms with E-state index in [-0.39, 0.29) is 0 Å². The zero-order chi connectivity index (χ0) is 16.2. The monoisotopic (exact) mass is 313 g/mol. The second kappa shape index (κ2) is 6.30. The van der Waals surface area contributed by atoms with Crippen LogP contribution in [0.25, 0.3) is 5.65 Å². The molecule has 0 aliphatic rings. The largest absolute Gasteiger partial charge is 0.493 e. The Hall–Kier alpha value is -3.16. The van der Waals surface area contributed by atoms with Gasteiger partial charge in [0.05, 0.1) is 19.8 Å². The Morgan fingerprint density at radius 1 is 1.22 bits per heavy atom. The number of anilines is 1.